The molecule has 0 atom stereocenters. The number of aliphatic hydroxyl groups excluding tert-OH is 1. The maximum atomic E-state index is 12.0. The Hall–Kier alpha value is -2.33. The van der Waals surface area contributed by atoms with Crippen molar-refractivity contribution in [3.8, 4) is 5.75 Å². The lowest BCUT2D eigenvalue weighted by molar-refractivity contribution is -0.115. The van der Waals surface area contributed by atoms with Gasteiger partial charge in [-0.05, 0) is 36.6 Å². The van der Waals surface area contributed by atoms with Crippen molar-refractivity contribution in [1.29, 1.82) is 0 Å². The van der Waals surface area contributed by atoms with Crippen molar-refractivity contribution in [1.82, 2.24) is 0 Å². The van der Waals surface area contributed by atoms with Crippen LogP contribution >= 0.6 is 0 Å². The first-order chi connectivity index (χ1) is 10.2. The highest BCUT2D eigenvalue weighted by Gasteiger charge is 2.07. The van der Waals surface area contributed by atoms with E-state index < -0.39 is 0 Å². The number of carbonyl (C=O) groups is 1. The quantitative estimate of drug-likeness (QED) is 0.763. The van der Waals surface area contributed by atoms with E-state index >= 15 is 0 Å². The lowest BCUT2D eigenvalue weighted by atomic mass is 10.1. The van der Waals surface area contributed by atoms with Gasteiger partial charge in [0.1, 0.15) is 5.75 Å². The number of aryl methyl sites for hydroxylation is 1. The molecule has 1 amide bonds. The molecule has 0 aliphatic rings. The van der Waals surface area contributed by atoms with E-state index in [4.69, 9.17) is 5.11 Å². The molecule has 0 aromatic heterocycles. The Morgan fingerprint density at radius 3 is 2.67 bits per heavy atom. The minimum Gasteiger partial charge on any atom is -0.508 e. The molecule has 4 nitrogen and oxygen atoms in total. The molecule has 2 aromatic carbocycles. The molecular formula is C17H19NO3. The zero-order valence-corrected chi connectivity index (χ0v) is 11.7. The summed E-state index contributed by atoms with van der Waals surface area (Å²) < 4.78 is 0. The highest BCUT2D eigenvalue weighted by Crippen LogP contribution is 2.17. The van der Waals surface area contributed by atoms with Gasteiger partial charge in [0.25, 0.3) is 0 Å². The smallest absolute Gasteiger partial charge is 0.228 e. The van der Waals surface area contributed by atoms with Gasteiger partial charge in [0, 0.05) is 17.9 Å². The van der Waals surface area contributed by atoms with Crippen molar-refractivity contribution in [2.45, 2.75) is 19.3 Å². The van der Waals surface area contributed by atoms with Crippen LogP contribution in [0.1, 0.15) is 17.5 Å². The summed E-state index contributed by atoms with van der Waals surface area (Å²) in [6, 6.07) is 14.4. The van der Waals surface area contributed by atoms with Crippen LogP contribution in [0.5, 0.6) is 5.75 Å². The molecule has 0 aliphatic carbocycles. The van der Waals surface area contributed by atoms with Gasteiger partial charge in [-0.2, -0.15) is 0 Å². The van der Waals surface area contributed by atoms with Gasteiger partial charge in [0.15, 0.2) is 0 Å². The number of hydrogen-bond acceptors (Lipinski definition) is 3. The number of rotatable bonds is 6. The second-order valence-corrected chi connectivity index (χ2v) is 4.88. The number of aromatic hydroxyl groups is 1. The summed E-state index contributed by atoms with van der Waals surface area (Å²) in [4.78, 5) is 12.0. The largest absolute Gasteiger partial charge is 0.508 e. The minimum atomic E-state index is -0.171. The molecule has 0 saturated carbocycles. The third-order valence-corrected chi connectivity index (χ3v) is 3.18. The molecule has 2 rings (SSSR count). The molecule has 21 heavy (non-hydrogen) atoms. The summed E-state index contributed by atoms with van der Waals surface area (Å²) in [6.45, 7) is 0.157. The average Bonchev–Trinajstić information content (AvgIpc) is 2.48. The SMILES string of the molecule is O=C(Cc1ccccc1O)Nc1cccc(CCCO)c1. The first-order valence-corrected chi connectivity index (χ1v) is 6.95. The van der Waals surface area contributed by atoms with Gasteiger partial charge in [-0.25, -0.2) is 0 Å². The number of hydrogen-bond donors (Lipinski definition) is 3. The molecule has 0 heterocycles. The van der Waals surface area contributed by atoms with E-state index in [1.807, 2.05) is 24.3 Å². The lowest BCUT2D eigenvalue weighted by Crippen LogP contribution is -2.14. The van der Waals surface area contributed by atoms with E-state index in [2.05, 4.69) is 5.32 Å². The molecule has 0 radical (unpaired) electrons. The molecular weight excluding hydrogens is 266 g/mol. The number of amides is 1. The average molecular weight is 285 g/mol. The number of carbonyl (C=O) groups excluding carboxylic acids is 1. The topological polar surface area (TPSA) is 69.6 Å². The summed E-state index contributed by atoms with van der Waals surface area (Å²) >= 11 is 0. The highest BCUT2D eigenvalue weighted by molar-refractivity contribution is 5.92. The second-order valence-electron chi connectivity index (χ2n) is 4.88. The number of aliphatic hydroxyl groups is 1. The Morgan fingerprint density at radius 2 is 1.90 bits per heavy atom. The Labute approximate surface area is 124 Å². The summed E-state index contributed by atoms with van der Waals surface area (Å²) in [5.74, 6) is -0.0415. The number of phenols is 1. The maximum Gasteiger partial charge on any atom is 0.228 e. The van der Waals surface area contributed by atoms with E-state index in [1.54, 1.807) is 24.3 Å². The van der Waals surface area contributed by atoms with Crippen LogP contribution in [-0.2, 0) is 17.6 Å². The van der Waals surface area contributed by atoms with Crippen molar-refractivity contribution < 1.29 is 15.0 Å². The number of benzene rings is 2. The number of para-hydroxylation sites is 1. The van der Waals surface area contributed by atoms with Crippen LogP contribution in [0.3, 0.4) is 0 Å². The standard InChI is InChI=1S/C17H19NO3/c19-10-4-6-13-5-3-8-15(11-13)18-17(21)12-14-7-1-2-9-16(14)20/h1-3,5,7-9,11,19-20H,4,6,10,12H2,(H,18,21). The van der Waals surface area contributed by atoms with Crippen LogP contribution in [0.2, 0.25) is 0 Å². The molecule has 4 heteroatoms. The van der Waals surface area contributed by atoms with Crippen LogP contribution < -0.4 is 5.32 Å². The Kier molecular flexibility index (Phi) is 5.35. The van der Waals surface area contributed by atoms with Gasteiger partial charge in [-0.15, -0.1) is 0 Å². The summed E-state index contributed by atoms with van der Waals surface area (Å²) in [5, 5.41) is 21.3. The van der Waals surface area contributed by atoms with Crippen molar-refractivity contribution in [3.05, 3.63) is 59.7 Å². The van der Waals surface area contributed by atoms with Gasteiger partial charge in [0.2, 0.25) is 5.91 Å². The van der Waals surface area contributed by atoms with Crippen LogP contribution in [0.15, 0.2) is 48.5 Å². The van der Waals surface area contributed by atoms with Crippen LogP contribution in [0.4, 0.5) is 5.69 Å². The van der Waals surface area contributed by atoms with E-state index in [1.165, 1.54) is 0 Å². The zero-order chi connectivity index (χ0) is 15.1. The van der Waals surface area contributed by atoms with Gasteiger partial charge in [-0.1, -0.05) is 30.3 Å². The number of nitrogens with one attached hydrogen (secondary N) is 1. The van der Waals surface area contributed by atoms with Crippen molar-refractivity contribution >= 4 is 11.6 Å². The van der Waals surface area contributed by atoms with Gasteiger partial charge >= 0.3 is 0 Å². The third kappa shape index (κ3) is 4.61. The van der Waals surface area contributed by atoms with Crippen molar-refractivity contribution in [3.63, 3.8) is 0 Å². The monoisotopic (exact) mass is 285 g/mol. The Bertz CT molecular complexity index is 610. The first kappa shape index (κ1) is 15.1. The first-order valence-electron chi connectivity index (χ1n) is 6.95. The molecule has 3 N–H and O–H groups in total. The summed E-state index contributed by atoms with van der Waals surface area (Å²) in [5.41, 5.74) is 2.40. The molecule has 0 unspecified atom stereocenters. The fourth-order valence-electron chi connectivity index (χ4n) is 2.13. The Morgan fingerprint density at radius 1 is 1.10 bits per heavy atom. The summed E-state index contributed by atoms with van der Waals surface area (Å²) in [7, 11) is 0. The van der Waals surface area contributed by atoms with E-state index in [0.29, 0.717) is 12.0 Å². The molecule has 0 bridgehead atoms. The zero-order valence-electron chi connectivity index (χ0n) is 11.7. The highest BCUT2D eigenvalue weighted by atomic mass is 16.3. The fourth-order valence-corrected chi connectivity index (χ4v) is 2.13. The van der Waals surface area contributed by atoms with Crippen molar-refractivity contribution in [2.75, 3.05) is 11.9 Å². The predicted molar refractivity (Wildman–Crippen MR) is 82.3 cm³/mol. The molecule has 0 saturated heterocycles. The molecule has 0 spiro atoms. The lowest BCUT2D eigenvalue weighted by Gasteiger charge is -2.08. The molecule has 0 aliphatic heterocycles. The summed E-state index contributed by atoms with van der Waals surface area (Å²) in [6.07, 6.45) is 1.61. The Balaban J connectivity index is 1.98. The van der Waals surface area contributed by atoms with E-state index in [-0.39, 0.29) is 24.7 Å². The maximum absolute atomic E-state index is 12.0. The third-order valence-electron chi connectivity index (χ3n) is 3.18. The molecule has 2 aromatic rings. The van der Waals surface area contributed by atoms with E-state index in [0.717, 1.165) is 17.7 Å². The minimum absolute atomic E-state index is 0.129. The molecule has 0 fully saturated rings. The number of phenolic OH excluding ortho intramolecular Hbond substituents is 1. The van der Waals surface area contributed by atoms with E-state index in [9.17, 15) is 9.90 Å². The molecule has 110 valence electrons. The van der Waals surface area contributed by atoms with Crippen molar-refractivity contribution in [2.24, 2.45) is 0 Å². The van der Waals surface area contributed by atoms with Gasteiger partial charge in [-0.3, -0.25) is 4.79 Å². The van der Waals surface area contributed by atoms with Crippen LogP contribution in [0.25, 0.3) is 0 Å². The van der Waals surface area contributed by atoms with Crippen LogP contribution in [-0.4, -0.2) is 22.7 Å². The second kappa shape index (κ2) is 7.45. The predicted octanol–water partition coefficient (Wildman–Crippen LogP) is 2.50. The van der Waals surface area contributed by atoms with Gasteiger partial charge < -0.3 is 15.5 Å². The fraction of sp³-hybridized carbons (Fsp3) is 0.235. The van der Waals surface area contributed by atoms with Gasteiger partial charge in [0.05, 0.1) is 6.42 Å². The van der Waals surface area contributed by atoms with Crippen LogP contribution in [0, 0.1) is 0 Å². The number of anilines is 1. The normalized spacial score (nSPS) is 10.3.